The monoisotopic (exact) mass is 373 g/mol. The Morgan fingerprint density at radius 2 is 1.96 bits per heavy atom. The van der Waals surface area contributed by atoms with Crippen molar-refractivity contribution in [2.45, 2.75) is 53.1 Å². The van der Waals surface area contributed by atoms with Gasteiger partial charge in [0.05, 0.1) is 0 Å². The van der Waals surface area contributed by atoms with Crippen LogP contribution >= 0.6 is 11.3 Å². The third-order valence-corrected chi connectivity index (χ3v) is 6.39. The predicted octanol–water partition coefficient (Wildman–Crippen LogP) is 5.44. The van der Waals surface area contributed by atoms with Crippen LogP contribution in [0.3, 0.4) is 0 Å². The van der Waals surface area contributed by atoms with Crippen molar-refractivity contribution in [2.24, 2.45) is 17.8 Å². The Morgan fingerprint density at radius 1 is 1.27 bits per heavy atom. The predicted molar refractivity (Wildman–Crippen MR) is 104 cm³/mol. The average molecular weight is 374 g/mol. The van der Waals surface area contributed by atoms with Gasteiger partial charge in [0.15, 0.2) is 4.88 Å². The lowest BCUT2D eigenvalue weighted by molar-refractivity contribution is -0.0171. The van der Waals surface area contributed by atoms with Crippen LogP contribution in [0.2, 0.25) is 0 Å². The minimum Gasteiger partial charge on any atom is -0.492 e. The van der Waals surface area contributed by atoms with E-state index in [4.69, 9.17) is 4.74 Å². The second-order valence-electron chi connectivity index (χ2n) is 7.81. The van der Waals surface area contributed by atoms with Crippen molar-refractivity contribution < 1.29 is 14.6 Å². The molecular weight excluding hydrogens is 346 g/mol. The fourth-order valence-electron chi connectivity index (χ4n) is 3.71. The van der Waals surface area contributed by atoms with Gasteiger partial charge in [-0.2, -0.15) is 0 Å². The normalized spacial score (nSPS) is 23.2. The SMILES string of the molecule is Cc1ccc(-c2nc(O)c(C(=O)O[C@@H]3C[C@H](C)CC[C@H]3C(C)C)s2)cc1. The van der Waals surface area contributed by atoms with Crippen LogP contribution in [0.1, 0.15) is 55.3 Å². The zero-order valence-electron chi connectivity index (χ0n) is 15.9. The second-order valence-corrected chi connectivity index (χ2v) is 8.81. The number of rotatable bonds is 4. The standard InChI is InChI=1S/C21H27NO3S/c1-12(2)16-10-7-14(4)11-17(16)25-21(24)18-19(23)22-20(26-18)15-8-5-13(3)6-9-15/h5-6,8-9,12,14,16-17,23H,7,10-11H2,1-4H3/t14-,16+,17-/m1/s1. The second kappa shape index (κ2) is 7.78. The van der Waals surface area contributed by atoms with Crippen molar-refractivity contribution in [3.8, 4) is 16.5 Å². The van der Waals surface area contributed by atoms with Crippen LogP contribution < -0.4 is 0 Å². The van der Waals surface area contributed by atoms with E-state index in [0.717, 1.165) is 24.0 Å². The summed E-state index contributed by atoms with van der Waals surface area (Å²) in [4.78, 5) is 17.1. The lowest BCUT2D eigenvalue weighted by Gasteiger charge is -2.36. The van der Waals surface area contributed by atoms with Gasteiger partial charge in [-0.25, -0.2) is 9.78 Å². The molecule has 0 radical (unpaired) electrons. The van der Waals surface area contributed by atoms with Crippen LogP contribution in [-0.2, 0) is 4.74 Å². The largest absolute Gasteiger partial charge is 0.492 e. The summed E-state index contributed by atoms with van der Waals surface area (Å²) in [6.07, 6.45) is 3.06. The number of thiazole rings is 1. The van der Waals surface area contributed by atoms with Crippen molar-refractivity contribution in [1.29, 1.82) is 0 Å². The number of benzene rings is 1. The molecule has 26 heavy (non-hydrogen) atoms. The van der Waals surface area contributed by atoms with Crippen molar-refractivity contribution in [3.63, 3.8) is 0 Å². The molecule has 0 spiro atoms. The minimum absolute atomic E-state index is 0.0874. The van der Waals surface area contributed by atoms with Gasteiger partial charge in [-0.3, -0.25) is 0 Å². The quantitative estimate of drug-likeness (QED) is 0.725. The molecule has 1 aliphatic carbocycles. The number of aryl methyl sites for hydroxylation is 1. The summed E-state index contributed by atoms with van der Waals surface area (Å²) in [6.45, 7) is 8.58. The number of hydrogen-bond acceptors (Lipinski definition) is 5. The van der Waals surface area contributed by atoms with Gasteiger partial charge >= 0.3 is 5.97 Å². The number of nitrogens with zero attached hydrogens (tertiary/aromatic N) is 1. The fraction of sp³-hybridized carbons (Fsp3) is 0.524. The Balaban J connectivity index is 1.78. The van der Waals surface area contributed by atoms with Gasteiger partial charge in [-0.05, 0) is 37.5 Å². The van der Waals surface area contributed by atoms with Crippen molar-refractivity contribution in [3.05, 3.63) is 34.7 Å². The van der Waals surface area contributed by atoms with E-state index in [9.17, 15) is 9.90 Å². The Bertz CT molecular complexity index is 766. The van der Waals surface area contributed by atoms with Crippen LogP contribution in [-0.4, -0.2) is 22.2 Å². The molecule has 0 bridgehead atoms. The molecule has 2 aromatic rings. The molecule has 1 aromatic heterocycles. The number of carbonyl (C=O) groups is 1. The summed E-state index contributed by atoms with van der Waals surface area (Å²) in [7, 11) is 0. The summed E-state index contributed by atoms with van der Waals surface area (Å²) < 4.78 is 5.84. The van der Waals surface area contributed by atoms with E-state index in [2.05, 4.69) is 25.8 Å². The highest BCUT2D eigenvalue weighted by Crippen LogP contribution is 2.37. The molecule has 0 aliphatic heterocycles. The van der Waals surface area contributed by atoms with E-state index in [1.165, 1.54) is 17.8 Å². The summed E-state index contributed by atoms with van der Waals surface area (Å²) in [5.74, 6) is 0.713. The van der Waals surface area contributed by atoms with E-state index in [1.54, 1.807) is 0 Å². The summed E-state index contributed by atoms with van der Waals surface area (Å²) in [6, 6.07) is 7.87. The van der Waals surface area contributed by atoms with Gasteiger partial charge in [0.2, 0.25) is 5.88 Å². The molecule has 0 saturated heterocycles. The number of carbonyl (C=O) groups excluding carboxylic acids is 1. The lowest BCUT2D eigenvalue weighted by Crippen LogP contribution is -2.35. The molecule has 1 N–H and O–H groups in total. The molecule has 5 heteroatoms. The number of ether oxygens (including phenoxy) is 1. The first-order valence-corrected chi connectivity index (χ1v) is 10.1. The highest BCUT2D eigenvalue weighted by atomic mass is 32.1. The fourth-order valence-corrected chi connectivity index (χ4v) is 4.55. The molecule has 4 nitrogen and oxygen atoms in total. The number of aromatic hydroxyl groups is 1. The van der Waals surface area contributed by atoms with Gasteiger partial charge in [-0.1, -0.05) is 57.0 Å². The van der Waals surface area contributed by atoms with Crippen molar-refractivity contribution in [1.82, 2.24) is 4.98 Å². The van der Waals surface area contributed by atoms with E-state index >= 15 is 0 Å². The lowest BCUT2D eigenvalue weighted by atomic mass is 9.75. The van der Waals surface area contributed by atoms with Crippen LogP contribution in [0.15, 0.2) is 24.3 Å². The topological polar surface area (TPSA) is 59.4 Å². The summed E-state index contributed by atoms with van der Waals surface area (Å²) in [5, 5.41) is 10.8. The Kier molecular flexibility index (Phi) is 5.66. The number of aromatic nitrogens is 1. The average Bonchev–Trinajstić information content (AvgIpc) is 2.97. The van der Waals surface area contributed by atoms with Crippen molar-refractivity contribution >= 4 is 17.3 Å². The molecule has 3 atom stereocenters. The zero-order chi connectivity index (χ0) is 18.8. The van der Waals surface area contributed by atoms with Gasteiger partial charge in [0.1, 0.15) is 11.1 Å². The molecule has 1 saturated carbocycles. The smallest absolute Gasteiger partial charge is 0.354 e. The van der Waals surface area contributed by atoms with Gasteiger partial charge in [0, 0.05) is 5.56 Å². The third kappa shape index (κ3) is 4.09. The highest BCUT2D eigenvalue weighted by molar-refractivity contribution is 7.17. The van der Waals surface area contributed by atoms with Gasteiger partial charge in [0.25, 0.3) is 0 Å². The molecule has 140 valence electrons. The van der Waals surface area contributed by atoms with Crippen LogP contribution in [0.4, 0.5) is 0 Å². The maximum Gasteiger partial charge on any atom is 0.354 e. The molecular formula is C21H27NO3S. The minimum atomic E-state index is -0.455. The number of esters is 1. The molecule has 1 fully saturated rings. The van der Waals surface area contributed by atoms with E-state index in [1.807, 2.05) is 31.2 Å². The van der Waals surface area contributed by atoms with E-state index in [0.29, 0.717) is 22.8 Å². The van der Waals surface area contributed by atoms with Crippen molar-refractivity contribution in [2.75, 3.05) is 0 Å². The zero-order valence-corrected chi connectivity index (χ0v) is 16.7. The van der Waals surface area contributed by atoms with E-state index in [-0.39, 0.29) is 16.9 Å². The van der Waals surface area contributed by atoms with E-state index < -0.39 is 5.97 Å². The molecule has 0 unspecified atom stereocenters. The van der Waals surface area contributed by atoms with Crippen LogP contribution in [0.25, 0.3) is 10.6 Å². The van der Waals surface area contributed by atoms with Gasteiger partial charge in [-0.15, -0.1) is 11.3 Å². The third-order valence-electron chi connectivity index (χ3n) is 5.31. The summed E-state index contributed by atoms with van der Waals surface area (Å²) in [5.41, 5.74) is 2.04. The molecule has 3 rings (SSSR count). The molecule has 0 amide bonds. The highest BCUT2D eigenvalue weighted by Gasteiger charge is 2.34. The number of hydrogen-bond donors (Lipinski definition) is 1. The first-order chi connectivity index (χ1) is 12.3. The Labute approximate surface area is 159 Å². The Morgan fingerprint density at radius 3 is 2.62 bits per heavy atom. The summed E-state index contributed by atoms with van der Waals surface area (Å²) >= 11 is 1.19. The Hall–Kier alpha value is -1.88. The first kappa shape index (κ1) is 18.9. The molecule has 1 heterocycles. The maximum atomic E-state index is 12.7. The first-order valence-electron chi connectivity index (χ1n) is 9.33. The molecule has 1 aromatic carbocycles. The van der Waals surface area contributed by atoms with Crippen LogP contribution in [0, 0.1) is 24.7 Å². The van der Waals surface area contributed by atoms with Gasteiger partial charge < -0.3 is 9.84 Å². The maximum absolute atomic E-state index is 12.7. The molecule has 1 aliphatic rings. The van der Waals surface area contributed by atoms with Crippen LogP contribution in [0.5, 0.6) is 5.88 Å².